The highest BCUT2D eigenvalue weighted by Crippen LogP contribution is 2.10. The fourth-order valence-electron chi connectivity index (χ4n) is 1.93. The molecule has 0 bridgehead atoms. The Morgan fingerprint density at radius 1 is 1.32 bits per heavy atom. The molecule has 0 saturated heterocycles. The lowest BCUT2D eigenvalue weighted by atomic mass is 10.1. The van der Waals surface area contributed by atoms with Gasteiger partial charge < -0.3 is 9.52 Å². The van der Waals surface area contributed by atoms with Crippen LogP contribution in [-0.2, 0) is 24.1 Å². The summed E-state index contributed by atoms with van der Waals surface area (Å²) >= 11 is 0. The first-order valence-corrected chi connectivity index (χ1v) is 6.34. The normalized spacial score (nSPS) is 10.6. The zero-order valence-electron chi connectivity index (χ0n) is 10.9. The van der Waals surface area contributed by atoms with Gasteiger partial charge in [-0.05, 0) is 18.9 Å². The lowest BCUT2D eigenvalue weighted by Gasteiger charge is -2.00. The molecule has 1 aromatic carbocycles. The molecule has 1 N–H and O–H groups in total. The first kappa shape index (κ1) is 13.3. The Bertz CT molecular complexity index is 560. The highest BCUT2D eigenvalue weighted by molar-refractivity contribution is 5.66. The zero-order valence-corrected chi connectivity index (χ0v) is 10.9. The number of hydrogen-bond acceptors (Lipinski definition) is 3. The molecule has 19 heavy (non-hydrogen) atoms. The summed E-state index contributed by atoms with van der Waals surface area (Å²) in [4.78, 5) is 14.8. The van der Waals surface area contributed by atoms with Crippen molar-refractivity contribution >= 4 is 5.97 Å². The number of nitrogens with zero attached hydrogens (tertiary/aromatic N) is 1. The minimum Gasteiger partial charge on any atom is -0.481 e. The first-order chi connectivity index (χ1) is 9.13. The van der Waals surface area contributed by atoms with E-state index >= 15 is 0 Å². The van der Waals surface area contributed by atoms with Gasteiger partial charge in [-0.1, -0.05) is 29.8 Å². The molecule has 0 aliphatic heterocycles. The average molecular weight is 259 g/mol. The van der Waals surface area contributed by atoms with Gasteiger partial charge in [0.05, 0.1) is 12.1 Å². The van der Waals surface area contributed by atoms with Gasteiger partial charge in [0.15, 0.2) is 5.89 Å². The standard InChI is InChI=1S/C15H17NO3/c1-11-3-2-4-12(9-11)5-7-14-16-13(10-19-14)6-8-15(17)18/h2-4,9-10H,5-8H2,1H3,(H,17,18). The predicted molar refractivity (Wildman–Crippen MR) is 71.0 cm³/mol. The molecule has 0 aliphatic rings. The Morgan fingerprint density at radius 3 is 2.89 bits per heavy atom. The molecule has 1 aromatic heterocycles. The molecule has 0 aliphatic carbocycles. The molecule has 0 spiro atoms. The van der Waals surface area contributed by atoms with Gasteiger partial charge in [0, 0.05) is 12.8 Å². The van der Waals surface area contributed by atoms with Crippen molar-refractivity contribution in [1.29, 1.82) is 0 Å². The third-order valence-electron chi connectivity index (χ3n) is 2.90. The Balaban J connectivity index is 1.88. The SMILES string of the molecule is Cc1cccc(CCc2nc(CCC(=O)O)co2)c1. The van der Waals surface area contributed by atoms with Crippen molar-refractivity contribution in [3.8, 4) is 0 Å². The van der Waals surface area contributed by atoms with E-state index in [1.165, 1.54) is 11.1 Å². The van der Waals surface area contributed by atoms with E-state index in [4.69, 9.17) is 9.52 Å². The molecule has 4 heteroatoms. The Kier molecular flexibility index (Phi) is 4.34. The van der Waals surface area contributed by atoms with Gasteiger partial charge in [-0.25, -0.2) is 4.98 Å². The zero-order chi connectivity index (χ0) is 13.7. The summed E-state index contributed by atoms with van der Waals surface area (Å²) in [5.41, 5.74) is 3.21. The van der Waals surface area contributed by atoms with Crippen LogP contribution in [0.2, 0.25) is 0 Å². The van der Waals surface area contributed by atoms with Gasteiger partial charge in [-0.3, -0.25) is 4.79 Å². The van der Waals surface area contributed by atoms with Crippen molar-refractivity contribution in [2.24, 2.45) is 0 Å². The number of hydrogen-bond donors (Lipinski definition) is 1. The van der Waals surface area contributed by atoms with E-state index in [2.05, 4.69) is 30.1 Å². The van der Waals surface area contributed by atoms with E-state index in [1.54, 1.807) is 6.26 Å². The molecule has 2 aromatic rings. The largest absolute Gasteiger partial charge is 0.481 e. The number of carboxylic acids is 1. The van der Waals surface area contributed by atoms with Gasteiger partial charge >= 0.3 is 5.97 Å². The van der Waals surface area contributed by atoms with Crippen LogP contribution in [0.5, 0.6) is 0 Å². The maximum atomic E-state index is 10.5. The highest BCUT2D eigenvalue weighted by atomic mass is 16.4. The summed E-state index contributed by atoms with van der Waals surface area (Å²) in [6.07, 6.45) is 3.67. The topological polar surface area (TPSA) is 63.3 Å². The molecule has 0 atom stereocenters. The number of oxazole rings is 1. The van der Waals surface area contributed by atoms with E-state index in [-0.39, 0.29) is 6.42 Å². The van der Waals surface area contributed by atoms with Crippen molar-refractivity contribution in [3.63, 3.8) is 0 Å². The van der Waals surface area contributed by atoms with Crippen molar-refractivity contribution < 1.29 is 14.3 Å². The van der Waals surface area contributed by atoms with Gasteiger partial charge in [0.25, 0.3) is 0 Å². The van der Waals surface area contributed by atoms with Crippen LogP contribution < -0.4 is 0 Å². The molecular formula is C15H17NO3. The van der Waals surface area contributed by atoms with Crippen molar-refractivity contribution in [3.05, 3.63) is 53.2 Å². The minimum atomic E-state index is -0.815. The van der Waals surface area contributed by atoms with Crippen LogP contribution >= 0.6 is 0 Å². The third-order valence-corrected chi connectivity index (χ3v) is 2.90. The number of aliphatic carboxylic acids is 1. The Hall–Kier alpha value is -2.10. The Labute approximate surface area is 112 Å². The minimum absolute atomic E-state index is 0.0872. The summed E-state index contributed by atoms with van der Waals surface area (Å²) in [5, 5.41) is 8.60. The molecule has 100 valence electrons. The van der Waals surface area contributed by atoms with Gasteiger partial charge in [-0.2, -0.15) is 0 Å². The van der Waals surface area contributed by atoms with E-state index < -0.39 is 5.97 Å². The monoisotopic (exact) mass is 259 g/mol. The third kappa shape index (κ3) is 4.25. The first-order valence-electron chi connectivity index (χ1n) is 6.34. The number of carbonyl (C=O) groups is 1. The van der Waals surface area contributed by atoms with Gasteiger partial charge in [0.2, 0.25) is 0 Å². The summed E-state index contributed by atoms with van der Waals surface area (Å²) in [7, 11) is 0. The van der Waals surface area contributed by atoms with E-state index in [0.29, 0.717) is 18.0 Å². The maximum Gasteiger partial charge on any atom is 0.303 e. The van der Waals surface area contributed by atoms with Crippen molar-refractivity contribution in [2.45, 2.75) is 32.6 Å². The number of rotatable bonds is 6. The fraction of sp³-hybridized carbons (Fsp3) is 0.333. The summed E-state index contributed by atoms with van der Waals surface area (Å²) < 4.78 is 5.34. The Morgan fingerprint density at radius 2 is 2.16 bits per heavy atom. The number of aromatic nitrogens is 1. The van der Waals surface area contributed by atoms with E-state index in [0.717, 1.165) is 12.8 Å². The van der Waals surface area contributed by atoms with E-state index in [9.17, 15) is 4.79 Å². The molecule has 0 radical (unpaired) electrons. The van der Waals surface area contributed by atoms with Crippen LogP contribution in [0.4, 0.5) is 0 Å². The smallest absolute Gasteiger partial charge is 0.303 e. The average Bonchev–Trinajstić information content (AvgIpc) is 2.82. The van der Waals surface area contributed by atoms with Crippen molar-refractivity contribution in [1.82, 2.24) is 4.98 Å². The second-order valence-corrected chi connectivity index (χ2v) is 4.62. The maximum absolute atomic E-state index is 10.5. The molecule has 0 unspecified atom stereocenters. The van der Waals surface area contributed by atoms with Crippen LogP contribution in [0.3, 0.4) is 0 Å². The molecule has 1 heterocycles. The van der Waals surface area contributed by atoms with Crippen LogP contribution in [0.1, 0.15) is 29.1 Å². The van der Waals surface area contributed by atoms with Crippen LogP contribution in [-0.4, -0.2) is 16.1 Å². The number of aryl methyl sites for hydroxylation is 4. The molecule has 0 saturated carbocycles. The second kappa shape index (κ2) is 6.18. The lowest BCUT2D eigenvalue weighted by molar-refractivity contribution is -0.136. The lowest BCUT2D eigenvalue weighted by Crippen LogP contribution is -1.98. The van der Waals surface area contributed by atoms with Gasteiger partial charge in [0.1, 0.15) is 6.26 Å². The van der Waals surface area contributed by atoms with Crippen molar-refractivity contribution in [2.75, 3.05) is 0 Å². The summed E-state index contributed by atoms with van der Waals surface area (Å²) in [6.45, 7) is 2.07. The second-order valence-electron chi connectivity index (χ2n) is 4.62. The summed E-state index contributed by atoms with van der Waals surface area (Å²) in [5.74, 6) is -0.147. The number of carboxylic acid groups (broad SMARTS) is 1. The molecule has 2 rings (SSSR count). The summed E-state index contributed by atoms with van der Waals surface area (Å²) in [6, 6.07) is 8.34. The molecular weight excluding hydrogens is 242 g/mol. The molecule has 4 nitrogen and oxygen atoms in total. The predicted octanol–water partition coefficient (Wildman–Crippen LogP) is 2.79. The highest BCUT2D eigenvalue weighted by Gasteiger charge is 2.06. The molecule has 0 amide bonds. The van der Waals surface area contributed by atoms with Crippen LogP contribution in [0.25, 0.3) is 0 Å². The quantitative estimate of drug-likeness (QED) is 0.866. The number of benzene rings is 1. The fourth-order valence-corrected chi connectivity index (χ4v) is 1.93. The van der Waals surface area contributed by atoms with Crippen LogP contribution in [0, 0.1) is 6.92 Å². The molecule has 0 fully saturated rings. The van der Waals surface area contributed by atoms with E-state index in [1.807, 2.05) is 6.07 Å². The van der Waals surface area contributed by atoms with Crippen LogP contribution in [0.15, 0.2) is 34.9 Å². The van der Waals surface area contributed by atoms with Gasteiger partial charge in [-0.15, -0.1) is 0 Å².